The zero-order valence-corrected chi connectivity index (χ0v) is 13.9. The molecular formula is C16H26N2O2S. The molecule has 21 heavy (non-hydrogen) atoms. The maximum Gasteiger partial charge on any atom is 0.237 e. The van der Waals surface area contributed by atoms with Crippen LogP contribution in [0, 0.1) is 0 Å². The number of nitrogens with zero attached hydrogens (tertiary/aromatic N) is 2. The maximum atomic E-state index is 12.6. The average molecular weight is 310 g/mol. The average Bonchev–Trinajstić information content (AvgIpc) is 2.96. The number of aliphatic hydroxyl groups excluding tert-OH is 1. The quantitative estimate of drug-likeness (QED) is 0.839. The fourth-order valence-corrected chi connectivity index (χ4v) is 3.95. The third-order valence-corrected chi connectivity index (χ3v) is 5.37. The zero-order valence-electron chi connectivity index (χ0n) is 13.0. The molecule has 0 radical (unpaired) electrons. The Hall–Kier alpha value is -0.910. The summed E-state index contributed by atoms with van der Waals surface area (Å²) in [4.78, 5) is 18.1. The van der Waals surface area contributed by atoms with E-state index in [0.29, 0.717) is 19.1 Å². The number of hydrogen-bond acceptors (Lipinski definition) is 4. The molecule has 2 heterocycles. The third kappa shape index (κ3) is 4.05. The van der Waals surface area contributed by atoms with Crippen molar-refractivity contribution in [3.05, 3.63) is 21.9 Å². The van der Waals surface area contributed by atoms with Crippen molar-refractivity contribution in [3.8, 4) is 0 Å². The van der Waals surface area contributed by atoms with E-state index in [1.54, 1.807) is 11.3 Å². The molecule has 1 aliphatic rings. The van der Waals surface area contributed by atoms with E-state index >= 15 is 0 Å². The predicted octanol–water partition coefficient (Wildman–Crippen LogP) is 2.12. The second kappa shape index (κ2) is 7.92. The van der Waals surface area contributed by atoms with Crippen LogP contribution in [0.2, 0.25) is 0 Å². The minimum atomic E-state index is 0.110. The summed E-state index contributed by atoms with van der Waals surface area (Å²) in [5.41, 5.74) is 1.30. The number of fused-ring (bicyclic) bond motifs is 1. The topological polar surface area (TPSA) is 43.8 Å². The molecule has 0 aliphatic carbocycles. The number of hydrogen-bond donors (Lipinski definition) is 1. The number of carbonyl (C=O) groups excluding carboxylic acids is 1. The molecule has 0 atom stereocenters. The lowest BCUT2D eigenvalue weighted by atomic mass is 10.1. The molecule has 1 amide bonds. The van der Waals surface area contributed by atoms with Crippen molar-refractivity contribution < 1.29 is 9.90 Å². The van der Waals surface area contributed by atoms with Crippen LogP contribution in [0.5, 0.6) is 0 Å². The SMILES string of the molecule is CCC(CC)N(CCO)CC(=O)N1CCc2sccc2C1. The summed E-state index contributed by atoms with van der Waals surface area (Å²) in [6, 6.07) is 2.51. The van der Waals surface area contributed by atoms with Gasteiger partial charge in [-0.1, -0.05) is 13.8 Å². The zero-order chi connectivity index (χ0) is 15.2. The molecule has 0 bridgehead atoms. The first-order valence-corrected chi connectivity index (χ1v) is 8.75. The molecule has 118 valence electrons. The van der Waals surface area contributed by atoms with Crippen LogP contribution in [0.4, 0.5) is 0 Å². The predicted molar refractivity (Wildman–Crippen MR) is 86.5 cm³/mol. The summed E-state index contributed by atoms with van der Waals surface area (Å²) in [6.07, 6.45) is 3.00. The Morgan fingerprint density at radius 2 is 2.24 bits per heavy atom. The standard InChI is InChI=1S/C16H26N2O2S/c1-3-14(4-2)17(8-9-19)12-16(20)18-7-5-15-13(11-18)6-10-21-15/h6,10,14,19H,3-5,7-9,11-12H2,1-2H3. The second-order valence-electron chi connectivity index (χ2n) is 5.60. The van der Waals surface area contributed by atoms with Crippen LogP contribution < -0.4 is 0 Å². The number of aliphatic hydroxyl groups is 1. The van der Waals surface area contributed by atoms with Crippen LogP contribution in [0.15, 0.2) is 11.4 Å². The lowest BCUT2D eigenvalue weighted by Gasteiger charge is -2.33. The Morgan fingerprint density at radius 1 is 1.48 bits per heavy atom. The molecule has 1 aromatic rings. The van der Waals surface area contributed by atoms with Crippen molar-refractivity contribution in [1.82, 2.24) is 9.80 Å². The van der Waals surface area contributed by atoms with Crippen LogP contribution in [0.25, 0.3) is 0 Å². The van der Waals surface area contributed by atoms with Crippen LogP contribution in [0.1, 0.15) is 37.1 Å². The van der Waals surface area contributed by atoms with Crippen LogP contribution in [-0.4, -0.2) is 53.1 Å². The van der Waals surface area contributed by atoms with Crippen LogP contribution >= 0.6 is 11.3 Å². The van der Waals surface area contributed by atoms with Gasteiger partial charge in [-0.15, -0.1) is 11.3 Å². The molecule has 2 rings (SSSR count). The van der Waals surface area contributed by atoms with Crippen molar-refractivity contribution in [2.75, 3.05) is 26.2 Å². The number of carbonyl (C=O) groups is 1. The largest absolute Gasteiger partial charge is 0.395 e. The van der Waals surface area contributed by atoms with Gasteiger partial charge < -0.3 is 10.0 Å². The highest BCUT2D eigenvalue weighted by molar-refractivity contribution is 7.10. The van der Waals surface area contributed by atoms with E-state index in [1.165, 1.54) is 10.4 Å². The highest BCUT2D eigenvalue weighted by atomic mass is 32.1. The van der Waals surface area contributed by atoms with Gasteiger partial charge in [0.25, 0.3) is 0 Å². The molecule has 1 aromatic heterocycles. The Balaban J connectivity index is 1.96. The summed E-state index contributed by atoms with van der Waals surface area (Å²) < 4.78 is 0. The Morgan fingerprint density at radius 3 is 2.90 bits per heavy atom. The Labute approximate surface area is 131 Å². The minimum Gasteiger partial charge on any atom is -0.395 e. The fraction of sp³-hybridized carbons (Fsp3) is 0.688. The van der Waals surface area contributed by atoms with E-state index in [4.69, 9.17) is 0 Å². The van der Waals surface area contributed by atoms with Crippen molar-refractivity contribution in [2.45, 2.75) is 45.7 Å². The monoisotopic (exact) mass is 310 g/mol. The first kappa shape index (κ1) is 16.5. The van der Waals surface area contributed by atoms with Crippen molar-refractivity contribution >= 4 is 17.2 Å². The van der Waals surface area contributed by atoms with Crippen molar-refractivity contribution in [1.29, 1.82) is 0 Å². The van der Waals surface area contributed by atoms with Crippen LogP contribution in [0.3, 0.4) is 0 Å². The van der Waals surface area contributed by atoms with Crippen LogP contribution in [-0.2, 0) is 17.8 Å². The molecule has 0 saturated carbocycles. The van der Waals surface area contributed by atoms with Gasteiger partial charge in [-0.3, -0.25) is 9.69 Å². The number of rotatable bonds is 7. The first-order valence-electron chi connectivity index (χ1n) is 7.87. The molecule has 0 fully saturated rings. The summed E-state index contributed by atoms with van der Waals surface area (Å²) in [5, 5.41) is 11.3. The van der Waals surface area contributed by atoms with Gasteiger partial charge in [0.2, 0.25) is 5.91 Å². The molecule has 5 heteroatoms. The summed E-state index contributed by atoms with van der Waals surface area (Å²) in [6.45, 7) is 6.96. The van der Waals surface area contributed by atoms with Gasteiger partial charge in [0, 0.05) is 30.6 Å². The highest BCUT2D eigenvalue weighted by Crippen LogP contribution is 2.24. The lowest BCUT2D eigenvalue weighted by Crippen LogP contribution is -2.46. The van der Waals surface area contributed by atoms with E-state index in [9.17, 15) is 9.90 Å². The van der Waals surface area contributed by atoms with Gasteiger partial charge in [-0.25, -0.2) is 0 Å². The summed E-state index contributed by atoms with van der Waals surface area (Å²) in [7, 11) is 0. The van der Waals surface area contributed by atoms with Gasteiger partial charge in [-0.05, 0) is 36.3 Å². The lowest BCUT2D eigenvalue weighted by molar-refractivity contribution is -0.134. The molecule has 1 aliphatic heterocycles. The summed E-state index contributed by atoms with van der Waals surface area (Å²) >= 11 is 1.79. The van der Waals surface area contributed by atoms with Gasteiger partial charge >= 0.3 is 0 Å². The summed E-state index contributed by atoms with van der Waals surface area (Å²) in [5.74, 6) is 0.187. The molecule has 0 saturated heterocycles. The number of thiophene rings is 1. The van der Waals surface area contributed by atoms with Crippen molar-refractivity contribution in [2.24, 2.45) is 0 Å². The molecular weight excluding hydrogens is 284 g/mol. The molecule has 0 aromatic carbocycles. The normalized spacial score (nSPS) is 14.8. The first-order chi connectivity index (χ1) is 10.2. The number of amides is 1. The Kier molecular flexibility index (Phi) is 6.21. The second-order valence-corrected chi connectivity index (χ2v) is 6.60. The Bertz CT molecular complexity index is 457. The van der Waals surface area contributed by atoms with Gasteiger partial charge in [0.15, 0.2) is 0 Å². The third-order valence-electron chi connectivity index (χ3n) is 4.34. The van der Waals surface area contributed by atoms with E-state index in [0.717, 1.165) is 32.4 Å². The minimum absolute atomic E-state index is 0.110. The van der Waals surface area contributed by atoms with Crippen molar-refractivity contribution in [3.63, 3.8) is 0 Å². The molecule has 4 nitrogen and oxygen atoms in total. The highest BCUT2D eigenvalue weighted by Gasteiger charge is 2.24. The molecule has 1 N–H and O–H groups in total. The van der Waals surface area contributed by atoms with Gasteiger partial charge in [0.05, 0.1) is 13.2 Å². The van der Waals surface area contributed by atoms with E-state index < -0.39 is 0 Å². The van der Waals surface area contributed by atoms with E-state index in [2.05, 4.69) is 30.2 Å². The maximum absolute atomic E-state index is 12.6. The van der Waals surface area contributed by atoms with E-state index in [1.807, 2.05) is 4.90 Å². The molecule has 0 unspecified atom stereocenters. The molecule has 0 spiro atoms. The smallest absolute Gasteiger partial charge is 0.237 e. The van der Waals surface area contributed by atoms with Gasteiger partial charge in [-0.2, -0.15) is 0 Å². The van der Waals surface area contributed by atoms with E-state index in [-0.39, 0.29) is 12.5 Å². The van der Waals surface area contributed by atoms with Gasteiger partial charge in [0.1, 0.15) is 0 Å². The fourth-order valence-electron chi connectivity index (χ4n) is 3.06.